The van der Waals surface area contributed by atoms with E-state index in [0.29, 0.717) is 11.0 Å². The number of hydrogen-bond donors (Lipinski definition) is 1. The normalized spacial score (nSPS) is 10.5. The molecule has 0 fully saturated rings. The zero-order chi connectivity index (χ0) is 9.42. The standard InChI is InChI=1S/C8H5ClN2O2/c9-11-6-4-2-1-3-5(6)10-7(11)8(12)13/h1-4H,(H,12,13). The van der Waals surface area contributed by atoms with Gasteiger partial charge < -0.3 is 5.11 Å². The van der Waals surface area contributed by atoms with E-state index in [9.17, 15) is 4.79 Å². The summed E-state index contributed by atoms with van der Waals surface area (Å²) >= 11 is 5.73. The molecule has 0 bridgehead atoms. The van der Waals surface area contributed by atoms with E-state index in [2.05, 4.69) is 4.98 Å². The number of rotatable bonds is 1. The molecule has 0 aliphatic heterocycles. The van der Waals surface area contributed by atoms with Crippen molar-refractivity contribution in [2.45, 2.75) is 0 Å². The fourth-order valence-electron chi connectivity index (χ4n) is 1.13. The molecule has 0 aliphatic rings. The van der Waals surface area contributed by atoms with Gasteiger partial charge in [-0.1, -0.05) is 12.1 Å². The first kappa shape index (κ1) is 8.07. The Kier molecular flexibility index (Phi) is 1.70. The van der Waals surface area contributed by atoms with Crippen molar-refractivity contribution in [2.75, 3.05) is 0 Å². The number of para-hydroxylation sites is 2. The summed E-state index contributed by atoms with van der Waals surface area (Å²) in [7, 11) is 0. The van der Waals surface area contributed by atoms with Crippen LogP contribution in [0.15, 0.2) is 24.3 Å². The topological polar surface area (TPSA) is 55.1 Å². The van der Waals surface area contributed by atoms with Crippen LogP contribution in [-0.2, 0) is 0 Å². The van der Waals surface area contributed by atoms with Crippen molar-refractivity contribution in [1.82, 2.24) is 9.07 Å². The average Bonchev–Trinajstić information content (AvgIpc) is 2.45. The molecule has 0 spiro atoms. The van der Waals surface area contributed by atoms with Gasteiger partial charge in [0.1, 0.15) is 0 Å². The molecule has 0 amide bonds. The molecular formula is C8H5ClN2O2. The lowest BCUT2D eigenvalue weighted by Crippen LogP contribution is -2.02. The highest BCUT2D eigenvalue weighted by molar-refractivity contribution is 6.21. The minimum absolute atomic E-state index is 0.164. The summed E-state index contributed by atoms with van der Waals surface area (Å²) < 4.78 is 1.04. The lowest BCUT2D eigenvalue weighted by atomic mass is 10.3. The monoisotopic (exact) mass is 196 g/mol. The molecule has 13 heavy (non-hydrogen) atoms. The summed E-state index contributed by atoms with van der Waals surface area (Å²) in [5.41, 5.74) is 1.18. The number of fused-ring (bicyclic) bond motifs is 1. The Bertz CT molecular complexity index is 478. The lowest BCUT2D eigenvalue weighted by molar-refractivity contribution is 0.0683. The summed E-state index contributed by atoms with van der Waals surface area (Å²) in [5, 5.41) is 8.70. The Morgan fingerprint density at radius 2 is 2.15 bits per heavy atom. The van der Waals surface area contributed by atoms with E-state index in [-0.39, 0.29) is 5.82 Å². The molecule has 0 saturated carbocycles. The fourth-order valence-corrected chi connectivity index (χ4v) is 1.38. The van der Waals surface area contributed by atoms with Gasteiger partial charge in [0, 0.05) is 11.8 Å². The Morgan fingerprint density at radius 3 is 2.77 bits per heavy atom. The van der Waals surface area contributed by atoms with Crippen molar-refractivity contribution in [2.24, 2.45) is 0 Å². The maximum Gasteiger partial charge on any atom is 0.373 e. The molecule has 66 valence electrons. The first-order valence-corrected chi connectivity index (χ1v) is 3.91. The van der Waals surface area contributed by atoms with Crippen LogP contribution in [0, 0.1) is 0 Å². The van der Waals surface area contributed by atoms with E-state index in [1.165, 1.54) is 0 Å². The highest BCUT2D eigenvalue weighted by Crippen LogP contribution is 2.16. The maximum atomic E-state index is 10.6. The molecule has 1 N–H and O–H groups in total. The van der Waals surface area contributed by atoms with Gasteiger partial charge in [-0.2, -0.15) is 0 Å². The predicted octanol–water partition coefficient (Wildman–Crippen LogP) is 1.74. The molecule has 4 nitrogen and oxygen atoms in total. The molecule has 2 rings (SSSR count). The van der Waals surface area contributed by atoms with E-state index in [0.717, 1.165) is 4.09 Å². The SMILES string of the molecule is O=C(O)c1nc2ccccc2n1Cl. The van der Waals surface area contributed by atoms with Crippen molar-refractivity contribution in [1.29, 1.82) is 0 Å². The van der Waals surface area contributed by atoms with Gasteiger partial charge in [-0.05, 0) is 12.1 Å². The fraction of sp³-hybridized carbons (Fsp3) is 0. The Hall–Kier alpha value is -1.55. The summed E-state index contributed by atoms with van der Waals surface area (Å²) in [5.74, 6) is -1.30. The van der Waals surface area contributed by atoms with E-state index in [1.807, 2.05) is 0 Å². The molecule has 0 saturated heterocycles. The quantitative estimate of drug-likeness (QED) is 0.756. The summed E-state index contributed by atoms with van der Waals surface area (Å²) in [6, 6.07) is 6.97. The molecule has 1 aromatic heterocycles. The van der Waals surface area contributed by atoms with Crippen LogP contribution in [0.5, 0.6) is 0 Å². The van der Waals surface area contributed by atoms with Gasteiger partial charge in [0.05, 0.1) is 11.0 Å². The molecule has 0 radical (unpaired) electrons. The molecule has 5 heteroatoms. The first-order chi connectivity index (χ1) is 6.20. The van der Waals surface area contributed by atoms with Crippen LogP contribution in [0.2, 0.25) is 0 Å². The number of carboxylic acid groups (broad SMARTS) is 1. The smallest absolute Gasteiger partial charge is 0.373 e. The van der Waals surface area contributed by atoms with Gasteiger partial charge >= 0.3 is 5.97 Å². The Morgan fingerprint density at radius 1 is 1.46 bits per heavy atom. The summed E-state index contributed by atoms with van der Waals surface area (Å²) in [6.45, 7) is 0. The largest absolute Gasteiger partial charge is 0.475 e. The maximum absolute atomic E-state index is 10.6. The zero-order valence-electron chi connectivity index (χ0n) is 6.44. The number of halogens is 1. The van der Waals surface area contributed by atoms with E-state index < -0.39 is 5.97 Å². The van der Waals surface area contributed by atoms with Crippen LogP contribution >= 0.6 is 11.8 Å². The molecule has 1 aromatic carbocycles. The molecule has 1 heterocycles. The minimum atomic E-state index is -1.13. The van der Waals surface area contributed by atoms with Crippen LogP contribution in [0.1, 0.15) is 10.6 Å². The second kappa shape index (κ2) is 2.74. The van der Waals surface area contributed by atoms with Crippen LogP contribution in [0.4, 0.5) is 0 Å². The van der Waals surface area contributed by atoms with E-state index in [1.54, 1.807) is 24.3 Å². The second-order valence-electron chi connectivity index (χ2n) is 2.51. The average molecular weight is 197 g/mol. The Labute approximate surface area is 78.5 Å². The summed E-state index contributed by atoms with van der Waals surface area (Å²) in [6.07, 6.45) is 0. The van der Waals surface area contributed by atoms with Crippen LogP contribution in [0.3, 0.4) is 0 Å². The van der Waals surface area contributed by atoms with Crippen LogP contribution < -0.4 is 0 Å². The number of aromatic carboxylic acids is 1. The van der Waals surface area contributed by atoms with Crippen LogP contribution in [-0.4, -0.2) is 20.1 Å². The number of benzene rings is 1. The third kappa shape index (κ3) is 1.15. The van der Waals surface area contributed by atoms with Crippen LogP contribution in [0.25, 0.3) is 11.0 Å². The second-order valence-corrected chi connectivity index (χ2v) is 2.85. The van der Waals surface area contributed by atoms with Gasteiger partial charge in [-0.25, -0.2) is 13.9 Å². The van der Waals surface area contributed by atoms with E-state index in [4.69, 9.17) is 16.9 Å². The number of aromatic nitrogens is 2. The van der Waals surface area contributed by atoms with Gasteiger partial charge in [0.2, 0.25) is 5.82 Å². The molecule has 2 aromatic rings. The molecular weight excluding hydrogens is 192 g/mol. The molecule has 0 unspecified atom stereocenters. The van der Waals surface area contributed by atoms with Gasteiger partial charge in [0.15, 0.2) is 0 Å². The van der Waals surface area contributed by atoms with Crippen molar-refractivity contribution >= 4 is 28.8 Å². The number of nitrogens with zero attached hydrogens (tertiary/aromatic N) is 2. The van der Waals surface area contributed by atoms with Crippen molar-refractivity contribution in [3.63, 3.8) is 0 Å². The van der Waals surface area contributed by atoms with Crippen molar-refractivity contribution in [3.05, 3.63) is 30.1 Å². The number of imidazole rings is 1. The third-order valence-corrected chi connectivity index (χ3v) is 2.04. The van der Waals surface area contributed by atoms with Gasteiger partial charge in [-0.15, -0.1) is 0 Å². The van der Waals surface area contributed by atoms with Gasteiger partial charge in [-0.3, -0.25) is 0 Å². The lowest BCUT2D eigenvalue weighted by Gasteiger charge is -1.91. The zero-order valence-corrected chi connectivity index (χ0v) is 7.19. The number of carbonyl (C=O) groups is 1. The third-order valence-electron chi connectivity index (χ3n) is 1.70. The van der Waals surface area contributed by atoms with Crippen molar-refractivity contribution < 1.29 is 9.90 Å². The number of carboxylic acids is 1. The summed E-state index contributed by atoms with van der Waals surface area (Å²) in [4.78, 5) is 14.5. The number of hydrogen-bond acceptors (Lipinski definition) is 2. The minimum Gasteiger partial charge on any atom is -0.475 e. The van der Waals surface area contributed by atoms with E-state index >= 15 is 0 Å². The molecule has 0 atom stereocenters. The molecule has 0 aliphatic carbocycles. The first-order valence-electron chi connectivity index (χ1n) is 3.57. The van der Waals surface area contributed by atoms with Crippen molar-refractivity contribution in [3.8, 4) is 0 Å². The Balaban J connectivity index is 2.81. The van der Waals surface area contributed by atoms with Gasteiger partial charge in [0.25, 0.3) is 0 Å². The highest BCUT2D eigenvalue weighted by atomic mass is 35.5. The predicted molar refractivity (Wildman–Crippen MR) is 47.9 cm³/mol. The highest BCUT2D eigenvalue weighted by Gasteiger charge is 2.14.